The number of carbonyl (C=O) groups excluding carboxylic acids is 1. The SMILES string of the molecule is CN1CCC(NC(=O)[C@@H]2CCCCN2)C1. The minimum atomic E-state index is 0.0599. The molecule has 4 heteroatoms. The molecule has 2 aliphatic heterocycles. The number of carbonyl (C=O) groups is 1. The Morgan fingerprint density at radius 1 is 1.40 bits per heavy atom. The molecule has 0 aliphatic carbocycles. The topological polar surface area (TPSA) is 44.4 Å². The van der Waals surface area contributed by atoms with Gasteiger partial charge in [-0.2, -0.15) is 0 Å². The van der Waals surface area contributed by atoms with Crippen molar-refractivity contribution in [3.8, 4) is 0 Å². The zero-order valence-corrected chi connectivity index (χ0v) is 9.46. The number of hydrogen-bond acceptors (Lipinski definition) is 3. The summed E-state index contributed by atoms with van der Waals surface area (Å²) >= 11 is 0. The standard InChI is InChI=1S/C11H21N3O/c1-14-7-5-9(8-14)13-11(15)10-4-2-3-6-12-10/h9-10,12H,2-8H2,1H3,(H,13,15)/t9?,10-/m0/s1. The summed E-state index contributed by atoms with van der Waals surface area (Å²) in [7, 11) is 2.10. The van der Waals surface area contributed by atoms with Crippen LogP contribution in [0.3, 0.4) is 0 Å². The number of amides is 1. The summed E-state index contributed by atoms with van der Waals surface area (Å²) < 4.78 is 0. The lowest BCUT2D eigenvalue weighted by atomic mass is 10.0. The van der Waals surface area contributed by atoms with Crippen LogP contribution >= 0.6 is 0 Å². The van der Waals surface area contributed by atoms with Gasteiger partial charge in [-0.3, -0.25) is 4.79 Å². The van der Waals surface area contributed by atoms with Crippen molar-refractivity contribution in [3.05, 3.63) is 0 Å². The van der Waals surface area contributed by atoms with Gasteiger partial charge in [-0.1, -0.05) is 6.42 Å². The van der Waals surface area contributed by atoms with Crippen LogP contribution in [0.4, 0.5) is 0 Å². The highest BCUT2D eigenvalue weighted by Crippen LogP contribution is 2.10. The second-order valence-corrected chi connectivity index (χ2v) is 4.76. The Balaban J connectivity index is 1.76. The van der Waals surface area contributed by atoms with Crippen molar-refractivity contribution in [2.75, 3.05) is 26.7 Å². The van der Waals surface area contributed by atoms with Crippen LogP contribution in [-0.4, -0.2) is 49.6 Å². The maximum absolute atomic E-state index is 11.9. The van der Waals surface area contributed by atoms with E-state index in [0.717, 1.165) is 32.5 Å². The molecule has 0 aromatic heterocycles. The Bertz CT molecular complexity index is 226. The lowest BCUT2D eigenvalue weighted by Crippen LogP contribution is -2.50. The van der Waals surface area contributed by atoms with E-state index in [4.69, 9.17) is 0 Å². The Labute approximate surface area is 91.4 Å². The van der Waals surface area contributed by atoms with E-state index in [1.807, 2.05) is 0 Å². The number of hydrogen-bond donors (Lipinski definition) is 2. The normalized spacial score (nSPS) is 32.9. The van der Waals surface area contributed by atoms with Gasteiger partial charge in [-0.05, 0) is 39.4 Å². The summed E-state index contributed by atoms with van der Waals surface area (Å²) in [5, 5.41) is 6.41. The van der Waals surface area contributed by atoms with Gasteiger partial charge in [0.05, 0.1) is 6.04 Å². The molecule has 1 amide bonds. The van der Waals surface area contributed by atoms with Crippen molar-refractivity contribution in [1.82, 2.24) is 15.5 Å². The molecule has 2 aliphatic rings. The molecule has 0 aromatic rings. The number of likely N-dealkylation sites (N-methyl/N-ethyl adjacent to an activating group) is 1. The molecule has 86 valence electrons. The lowest BCUT2D eigenvalue weighted by molar-refractivity contribution is -0.124. The monoisotopic (exact) mass is 211 g/mol. The summed E-state index contributed by atoms with van der Waals surface area (Å²) in [6, 6.07) is 0.427. The van der Waals surface area contributed by atoms with Crippen molar-refractivity contribution in [1.29, 1.82) is 0 Å². The van der Waals surface area contributed by atoms with Gasteiger partial charge in [0.2, 0.25) is 5.91 Å². The predicted octanol–water partition coefficient (Wildman–Crippen LogP) is -0.0512. The highest BCUT2D eigenvalue weighted by Gasteiger charge is 2.25. The van der Waals surface area contributed by atoms with Crippen molar-refractivity contribution in [2.45, 2.75) is 37.8 Å². The first-order valence-corrected chi connectivity index (χ1v) is 5.98. The number of piperidine rings is 1. The molecule has 2 saturated heterocycles. The Kier molecular flexibility index (Phi) is 3.59. The molecule has 2 fully saturated rings. The van der Waals surface area contributed by atoms with Crippen LogP contribution in [0.5, 0.6) is 0 Å². The van der Waals surface area contributed by atoms with E-state index in [1.165, 1.54) is 12.8 Å². The first-order valence-electron chi connectivity index (χ1n) is 5.98. The fraction of sp³-hybridized carbons (Fsp3) is 0.909. The second-order valence-electron chi connectivity index (χ2n) is 4.76. The number of nitrogens with zero attached hydrogens (tertiary/aromatic N) is 1. The number of rotatable bonds is 2. The van der Waals surface area contributed by atoms with Crippen LogP contribution in [0.25, 0.3) is 0 Å². The Hall–Kier alpha value is -0.610. The smallest absolute Gasteiger partial charge is 0.237 e. The van der Waals surface area contributed by atoms with Gasteiger partial charge < -0.3 is 15.5 Å². The van der Waals surface area contributed by atoms with E-state index in [9.17, 15) is 4.79 Å². The van der Waals surface area contributed by atoms with Gasteiger partial charge in [-0.15, -0.1) is 0 Å². The summed E-state index contributed by atoms with van der Waals surface area (Å²) in [5.74, 6) is 0.204. The largest absolute Gasteiger partial charge is 0.351 e. The van der Waals surface area contributed by atoms with Gasteiger partial charge in [0, 0.05) is 12.6 Å². The van der Waals surface area contributed by atoms with Crippen LogP contribution in [0.15, 0.2) is 0 Å². The van der Waals surface area contributed by atoms with E-state index in [1.54, 1.807) is 0 Å². The first kappa shape index (κ1) is 10.9. The average molecular weight is 211 g/mol. The highest BCUT2D eigenvalue weighted by atomic mass is 16.2. The minimum Gasteiger partial charge on any atom is -0.351 e. The van der Waals surface area contributed by atoms with E-state index in [2.05, 4.69) is 22.6 Å². The third kappa shape index (κ3) is 2.92. The summed E-state index contributed by atoms with van der Waals surface area (Å²) in [5.41, 5.74) is 0. The molecule has 2 atom stereocenters. The van der Waals surface area contributed by atoms with Crippen LogP contribution in [-0.2, 0) is 4.79 Å². The third-order valence-electron chi connectivity index (χ3n) is 3.36. The molecule has 0 bridgehead atoms. The van der Waals surface area contributed by atoms with E-state index >= 15 is 0 Å². The van der Waals surface area contributed by atoms with E-state index in [-0.39, 0.29) is 11.9 Å². The quantitative estimate of drug-likeness (QED) is 0.673. The molecule has 15 heavy (non-hydrogen) atoms. The highest BCUT2D eigenvalue weighted by molar-refractivity contribution is 5.82. The maximum atomic E-state index is 11.9. The molecule has 0 saturated carbocycles. The average Bonchev–Trinajstić information content (AvgIpc) is 2.65. The molecule has 4 nitrogen and oxygen atoms in total. The zero-order chi connectivity index (χ0) is 10.7. The zero-order valence-electron chi connectivity index (χ0n) is 9.46. The van der Waals surface area contributed by atoms with Crippen molar-refractivity contribution in [2.24, 2.45) is 0 Å². The van der Waals surface area contributed by atoms with Crippen molar-refractivity contribution >= 4 is 5.91 Å². The molecular weight excluding hydrogens is 190 g/mol. The number of nitrogens with one attached hydrogen (secondary N) is 2. The molecule has 1 unspecified atom stereocenters. The molecule has 2 rings (SSSR count). The maximum Gasteiger partial charge on any atom is 0.237 e. The molecule has 0 radical (unpaired) electrons. The Morgan fingerprint density at radius 2 is 2.27 bits per heavy atom. The third-order valence-corrected chi connectivity index (χ3v) is 3.36. The Morgan fingerprint density at radius 3 is 2.87 bits per heavy atom. The van der Waals surface area contributed by atoms with Crippen LogP contribution in [0.2, 0.25) is 0 Å². The fourth-order valence-electron chi connectivity index (χ4n) is 2.43. The summed E-state index contributed by atoms with van der Waals surface area (Å²) in [4.78, 5) is 14.1. The van der Waals surface area contributed by atoms with E-state index < -0.39 is 0 Å². The van der Waals surface area contributed by atoms with Gasteiger partial charge in [0.1, 0.15) is 0 Å². The molecule has 2 heterocycles. The van der Waals surface area contributed by atoms with Gasteiger partial charge >= 0.3 is 0 Å². The fourth-order valence-corrected chi connectivity index (χ4v) is 2.43. The summed E-state index contributed by atoms with van der Waals surface area (Å²) in [6.45, 7) is 3.09. The molecule has 2 N–H and O–H groups in total. The van der Waals surface area contributed by atoms with Crippen molar-refractivity contribution in [3.63, 3.8) is 0 Å². The van der Waals surface area contributed by atoms with Gasteiger partial charge in [0.15, 0.2) is 0 Å². The van der Waals surface area contributed by atoms with Crippen LogP contribution in [0, 0.1) is 0 Å². The lowest BCUT2D eigenvalue weighted by Gasteiger charge is -2.24. The molecule has 0 spiro atoms. The van der Waals surface area contributed by atoms with Crippen molar-refractivity contribution < 1.29 is 4.79 Å². The predicted molar refractivity (Wildman–Crippen MR) is 59.7 cm³/mol. The molecular formula is C11H21N3O. The van der Waals surface area contributed by atoms with Crippen LogP contribution in [0.1, 0.15) is 25.7 Å². The van der Waals surface area contributed by atoms with Crippen LogP contribution < -0.4 is 10.6 Å². The van der Waals surface area contributed by atoms with Gasteiger partial charge in [0.25, 0.3) is 0 Å². The number of likely N-dealkylation sites (tertiary alicyclic amines) is 1. The summed E-state index contributed by atoms with van der Waals surface area (Å²) in [6.07, 6.45) is 4.47. The second kappa shape index (κ2) is 4.94. The first-order chi connectivity index (χ1) is 7.25. The van der Waals surface area contributed by atoms with Gasteiger partial charge in [-0.25, -0.2) is 0 Å². The molecule has 0 aromatic carbocycles. The van der Waals surface area contributed by atoms with E-state index in [0.29, 0.717) is 6.04 Å². The minimum absolute atomic E-state index is 0.0599.